The predicted octanol–water partition coefficient (Wildman–Crippen LogP) is 3.22. The number of hydrogen-bond donors (Lipinski definition) is 3. The zero-order valence-corrected chi connectivity index (χ0v) is 19.8. The third-order valence-corrected chi connectivity index (χ3v) is 7.39. The van der Waals surface area contributed by atoms with Gasteiger partial charge in [0.1, 0.15) is 11.5 Å². The maximum absolute atomic E-state index is 11.8. The third kappa shape index (κ3) is 5.16. The lowest BCUT2D eigenvalue weighted by Crippen LogP contribution is -2.20. The molecule has 3 aromatic rings. The van der Waals surface area contributed by atoms with Gasteiger partial charge in [0.25, 0.3) is 5.91 Å². The number of nitrogens with zero attached hydrogens (tertiary/aromatic N) is 3. The number of carbonyl (C=O) groups excluding carboxylic acids is 2. The predicted molar refractivity (Wildman–Crippen MR) is 130 cm³/mol. The average Bonchev–Trinajstić information content (AvgIpc) is 3.72. The summed E-state index contributed by atoms with van der Waals surface area (Å²) >= 11 is 0. The maximum Gasteiger partial charge on any atom is 0.266 e. The molecule has 2 amide bonds. The molecule has 6 rings (SSSR count). The summed E-state index contributed by atoms with van der Waals surface area (Å²) in [6.07, 6.45) is 10.2. The maximum atomic E-state index is 11.8. The molecule has 3 heterocycles. The number of carbonyl (C=O) groups is 2. The topological polar surface area (TPSA) is 119 Å². The van der Waals surface area contributed by atoms with E-state index in [4.69, 9.17) is 10.7 Å². The first kappa shape index (κ1) is 22.6. The van der Waals surface area contributed by atoms with Crippen LogP contribution >= 0.6 is 0 Å². The Morgan fingerprint density at radius 2 is 1.94 bits per heavy atom. The highest BCUT2D eigenvalue weighted by atomic mass is 16.2. The molecule has 8 heteroatoms. The lowest BCUT2D eigenvalue weighted by atomic mass is 9.94. The molecule has 4 N–H and O–H groups in total. The average molecular weight is 463 g/mol. The first-order chi connectivity index (χ1) is 16.5. The zero-order valence-electron chi connectivity index (χ0n) is 19.8. The summed E-state index contributed by atoms with van der Waals surface area (Å²) in [5, 5.41) is 6.80. The fourth-order valence-corrected chi connectivity index (χ4v) is 5.24. The van der Waals surface area contributed by atoms with Gasteiger partial charge >= 0.3 is 0 Å². The van der Waals surface area contributed by atoms with Crippen molar-refractivity contribution in [2.24, 2.45) is 29.4 Å². The van der Waals surface area contributed by atoms with Crippen molar-refractivity contribution in [2.75, 3.05) is 6.54 Å². The molecule has 0 radical (unpaired) electrons. The number of benzene rings is 1. The van der Waals surface area contributed by atoms with E-state index in [9.17, 15) is 9.59 Å². The Kier molecular flexibility index (Phi) is 6.39. The van der Waals surface area contributed by atoms with Crippen molar-refractivity contribution in [1.82, 2.24) is 25.1 Å². The summed E-state index contributed by atoms with van der Waals surface area (Å²) < 4.78 is 1.56. The zero-order chi connectivity index (χ0) is 23.7. The Bertz CT molecular complexity index is 1160. The van der Waals surface area contributed by atoms with Crippen molar-refractivity contribution >= 4 is 22.8 Å². The van der Waals surface area contributed by atoms with Crippen LogP contribution in [0.3, 0.4) is 0 Å². The molecule has 180 valence electrons. The van der Waals surface area contributed by atoms with Gasteiger partial charge in [-0.15, -0.1) is 0 Å². The van der Waals surface area contributed by atoms with Gasteiger partial charge in [-0.1, -0.05) is 6.07 Å². The van der Waals surface area contributed by atoms with Crippen LogP contribution in [-0.4, -0.2) is 38.1 Å². The summed E-state index contributed by atoms with van der Waals surface area (Å²) in [5.41, 5.74) is 8.93. The van der Waals surface area contributed by atoms with Gasteiger partial charge in [-0.2, -0.15) is 5.10 Å². The fourth-order valence-electron chi connectivity index (χ4n) is 5.24. The summed E-state index contributed by atoms with van der Waals surface area (Å²) in [7, 11) is 0. The third-order valence-electron chi connectivity index (χ3n) is 7.39. The largest absolute Gasteiger partial charge is 0.364 e. The molecule has 8 nitrogen and oxygen atoms in total. The second-order valence-corrected chi connectivity index (χ2v) is 9.96. The second-order valence-electron chi connectivity index (χ2n) is 9.96. The van der Waals surface area contributed by atoms with Crippen LogP contribution in [0.5, 0.6) is 0 Å². The Morgan fingerprint density at radius 3 is 2.53 bits per heavy atom. The number of amides is 2. The summed E-state index contributed by atoms with van der Waals surface area (Å²) in [5.74, 6) is 3.84. The van der Waals surface area contributed by atoms with Gasteiger partial charge in [0.2, 0.25) is 5.91 Å². The van der Waals surface area contributed by atoms with Crippen molar-refractivity contribution in [1.29, 1.82) is 0 Å². The molecule has 1 aromatic carbocycles. The van der Waals surface area contributed by atoms with E-state index >= 15 is 0 Å². The fraction of sp³-hybridized carbons (Fsp3) is 0.538. The van der Waals surface area contributed by atoms with Gasteiger partial charge in [0.05, 0.1) is 11.0 Å². The van der Waals surface area contributed by atoms with Crippen LogP contribution in [0.1, 0.15) is 60.9 Å². The molecule has 0 spiro atoms. The summed E-state index contributed by atoms with van der Waals surface area (Å²) in [6.45, 7) is 3.40. The van der Waals surface area contributed by atoms with Crippen LogP contribution in [0, 0.1) is 23.7 Å². The number of aromatic amines is 1. The molecule has 1 saturated heterocycles. The van der Waals surface area contributed by atoms with E-state index in [0.29, 0.717) is 12.2 Å². The Balaban J connectivity index is 0.000000204. The molecule has 1 atom stereocenters. The Morgan fingerprint density at radius 1 is 1.18 bits per heavy atom. The molecular weight excluding hydrogens is 428 g/mol. The van der Waals surface area contributed by atoms with Gasteiger partial charge in [-0.25, -0.2) is 4.98 Å². The number of rotatable bonds is 8. The first-order valence-corrected chi connectivity index (χ1v) is 12.6. The highest BCUT2D eigenvalue weighted by Gasteiger charge is 2.41. The quantitative estimate of drug-likeness (QED) is 0.476. The van der Waals surface area contributed by atoms with E-state index in [-0.39, 0.29) is 11.8 Å². The van der Waals surface area contributed by atoms with Crippen molar-refractivity contribution < 1.29 is 9.59 Å². The van der Waals surface area contributed by atoms with Crippen molar-refractivity contribution in [3.8, 4) is 0 Å². The molecule has 2 saturated carbocycles. The Labute approximate surface area is 199 Å². The van der Waals surface area contributed by atoms with E-state index in [1.54, 1.807) is 16.9 Å². The highest BCUT2D eigenvalue weighted by Crippen LogP contribution is 2.50. The van der Waals surface area contributed by atoms with Crippen LogP contribution in [0.4, 0.5) is 0 Å². The minimum atomic E-state index is -0.431. The minimum absolute atomic E-state index is 0.138. The normalized spacial score (nSPS) is 19.8. The van der Waals surface area contributed by atoms with Crippen molar-refractivity contribution in [3.05, 3.63) is 47.5 Å². The standard InChI is InChI=1S/C20H25N3O.C6H9N3O/c24-20-15(7-8-21-20)9-12-1-6-17-18(10-12)23-19(22-17)11-16(13-2-3-13)14-4-5-14;1-2-9-5(6(7)10)3-4-8-9/h1,6,10,13-16H,2-5,7-9,11H2,(H,21,24)(H,22,23);3-4H,2H2,1H3,(H2,7,10). The van der Waals surface area contributed by atoms with E-state index in [2.05, 4.69) is 33.6 Å². The Hall–Kier alpha value is -3.16. The number of imidazole rings is 1. The highest BCUT2D eigenvalue weighted by molar-refractivity contribution is 5.90. The molecule has 2 aromatic heterocycles. The molecule has 0 bridgehead atoms. The number of primary amides is 1. The summed E-state index contributed by atoms with van der Waals surface area (Å²) in [4.78, 5) is 30.8. The SMILES string of the molecule is CCn1nccc1C(N)=O.O=C1NCCC1Cc1ccc2nc(CC(C3CC3)C3CC3)[nH]c2c1. The summed E-state index contributed by atoms with van der Waals surface area (Å²) in [6, 6.07) is 8.05. The van der Waals surface area contributed by atoms with Crippen LogP contribution in [0.25, 0.3) is 11.0 Å². The number of aryl methyl sites for hydroxylation is 1. The molecule has 3 aliphatic rings. The number of H-pyrrole nitrogens is 1. The van der Waals surface area contributed by atoms with Crippen molar-refractivity contribution in [3.63, 3.8) is 0 Å². The van der Waals surface area contributed by atoms with E-state index in [0.717, 1.165) is 60.4 Å². The van der Waals surface area contributed by atoms with E-state index in [1.165, 1.54) is 31.2 Å². The molecule has 1 aliphatic heterocycles. The van der Waals surface area contributed by atoms with Crippen molar-refractivity contribution in [2.45, 2.75) is 58.4 Å². The lowest BCUT2D eigenvalue weighted by molar-refractivity contribution is -0.122. The number of fused-ring (bicyclic) bond motifs is 1. The van der Waals surface area contributed by atoms with Gasteiger partial charge in [0, 0.05) is 31.6 Å². The van der Waals surface area contributed by atoms with E-state index < -0.39 is 5.91 Å². The monoisotopic (exact) mass is 462 g/mol. The van der Waals surface area contributed by atoms with Crippen LogP contribution < -0.4 is 11.1 Å². The number of nitrogens with two attached hydrogens (primary N) is 1. The van der Waals surface area contributed by atoms with Gasteiger partial charge < -0.3 is 16.0 Å². The van der Waals surface area contributed by atoms with Crippen LogP contribution in [-0.2, 0) is 24.2 Å². The lowest BCUT2D eigenvalue weighted by Gasteiger charge is -2.12. The minimum Gasteiger partial charge on any atom is -0.364 e. The first-order valence-electron chi connectivity index (χ1n) is 12.6. The molecule has 3 fully saturated rings. The van der Waals surface area contributed by atoms with Crippen LogP contribution in [0.15, 0.2) is 30.5 Å². The van der Waals surface area contributed by atoms with Gasteiger partial charge in [0.15, 0.2) is 0 Å². The smallest absolute Gasteiger partial charge is 0.266 e. The molecule has 1 unspecified atom stereocenters. The number of nitrogens with one attached hydrogen (secondary N) is 2. The van der Waals surface area contributed by atoms with Crippen LogP contribution in [0.2, 0.25) is 0 Å². The van der Waals surface area contributed by atoms with Gasteiger partial charge in [-0.05, 0) is 87.0 Å². The molecular formula is C26H34N6O2. The molecule has 34 heavy (non-hydrogen) atoms. The second kappa shape index (κ2) is 9.60. The van der Waals surface area contributed by atoms with Gasteiger partial charge in [-0.3, -0.25) is 14.3 Å². The van der Waals surface area contributed by atoms with E-state index in [1.807, 2.05) is 6.92 Å². The number of aromatic nitrogens is 4. The molecule has 2 aliphatic carbocycles. The number of hydrogen-bond acceptors (Lipinski definition) is 4.